The summed E-state index contributed by atoms with van der Waals surface area (Å²) in [5.74, 6) is -1.11. The first-order valence-electron chi connectivity index (χ1n) is 5.14. The Hall–Kier alpha value is -2.56. The number of hydrogen-bond donors (Lipinski definition) is 2. The van der Waals surface area contributed by atoms with Crippen molar-refractivity contribution in [2.45, 2.75) is 0 Å². The highest BCUT2D eigenvalue weighted by Crippen LogP contribution is 2.30. The Morgan fingerprint density at radius 2 is 1.78 bits per heavy atom. The third-order valence-electron chi connectivity index (χ3n) is 2.73. The smallest absolute Gasteiger partial charge is 0.344 e. The van der Waals surface area contributed by atoms with E-state index in [-0.39, 0.29) is 27.9 Å². The van der Waals surface area contributed by atoms with Crippen molar-refractivity contribution < 1.29 is 19.0 Å². The highest BCUT2D eigenvalue weighted by Gasteiger charge is 2.13. The van der Waals surface area contributed by atoms with Gasteiger partial charge in [-0.15, -0.1) is 0 Å². The molecule has 0 saturated carbocycles. The average Bonchev–Trinajstić information content (AvgIpc) is 2.29. The van der Waals surface area contributed by atoms with Crippen molar-refractivity contribution in [1.29, 1.82) is 0 Å². The van der Waals surface area contributed by atoms with Crippen LogP contribution in [0.15, 0.2) is 39.5 Å². The van der Waals surface area contributed by atoms with Crippen LogP contribution in [0.2, 0.25) is 0 Å². The molecule has 18 heavy (non-hydrogen) atoms. The summed E-state index contributed by atoms with van der Waals surface area (Å²) in [5.41, 5.74) is -0.728. The van der Waals surface area contributed by atoms with Crippen molar-refractivity contribution in [2.75, 3.05) is 0 Å². The number of phenolic OH excluding ortho intramolecular Hbond substituents is 2. The van der Waals surface area contributed by atoms with E-state index in [0.29, 0.717) is 5.39 Å². The molecule has 0 aliphatic heterocycles. The van der Waals surface area contributed by atoms with Crippen molar-refractivity contribution in [1.82, 2.24) is 0 Å². The maximum absolute atomic E-state index is 13.8. The molecule has 0 aliphatic rings. The molecular weight excluding hydrogens is 239 g/mol. The fraction of sp³-hybridized carbons (Fsp3) is 0. The quantitative estimate of drug-likeness (QED) is 0.472. The molecule has 3 aromatic rings. The molecule has 0 bridgehead atoms. The van der Waals surface area contributed by atoms with E-state index in [1.165, 1.54) is 24.3 Å². The molecule has 2 N–H and O–H groups in total. The molecule has 4 nitrogen and oxygen atoms in total. The predicted molar refractivity (Wildman–Crippen MR) is 63.3 cm³/mol. The van der Waals surface area contributed by atoms with Gasteiger partial charge in [-0.05, 0) is 18.2 Å². The second kappa shape index (κ2) is 3.46. The third kappa shape index (κ3) is 1.41. The van der Waals surface area contributed by atoms with Crippen LogP contribution in [0.25, 0.3) is 21.7 Å². The Balaban J connectivity index is 2.65. The Kier molecular flexibility index (Phi) is 2.04. The predicted octanol–water partition coefficient (Wildman–Crippen LogP) is 2.50. The molecule has 0 saturated heterocycles. The van der Waals surface area contributed by atoms with Gasteiger partial charge in [-0.25, -0.2) is 9.18 Å². The first kappa shape index (κ1) is 10.6. The Labute approximate surface area is 99.5 Å². The number of aromatic hydroxyl groups is 2. The number of benzene rings is 2. The van der Waals surface area contributed by atoms with Crippen molar-refractivity contribution in [3.63, 3.8) is 0 Å². The zero-order chi connectivity index (χ0) is 12.9. The van der Waals surface area contributed by atoms with Gasteiger partial charge in [-0.3, -0.25) is 0 Å². The molecule has 3 rings (SSSR count). The first-order chi connectivity index (χ1) is 8.56. The van der Waals surface area contributed by atoms with E-state index < -0.39 is 11.4 Å². The number of halogens is 1. The van der Waals surface area contributed by atoms with Gasteiger partial charge in [0.2, 0.25) is 0 Å². The molecular formula is C13H7FO4. The maximum atomic E-state index is 13.8. The molecule has 90 valence electrons. The molecule has 0 radical (unpaired) electrons. The summed E-state index contributed by atoms with van der Waals surface area (Å²) in [6.45, 7) is 0. The minimum atomic E-state index is -0.696. The van der Waals surface area contributed by atoms with Gasteiger partial charge in [0.25, 0.3) is 0 Å². The van der Waals surface area contributed by atoms with Gasteiger partial charge in [0, 0.05) is 17.5 Å². The van der Waals surface area contributed by atoms with E-state index in [9.17, 15) is 19.4 Å². The van der Waals surface area contributed by atoms with Crippen LogP contribution in [0.4, 0.5) is 4.39 Å². The standard InChI is InChI=1S/C13H7FO4/c14-10-4-7(16)5-11-12(10)8-2-1-6(15)3-9(8)13(17)18-11/h1-5,15-16H. The lowest BCUT2D eigenvalue weighted by atomic mass is 10.1. The van der Waals surface area contributed by atoms with Crippen molar-refractivity contribution in [2.24, 2.45) is 0 Å². The fourth-order valence-corrected chi connectivity index (χ4v) is 1.98. The fourth-order valence-electron chi connectivity index (χ4n) is 1.98. The zero-order valence-electron chi connectivity index (χ0n) is 8.98. The number of rotatable bonds is 0. The minimum absolute atomic E-state index is 0.0318. The Morgan fingerprint density at radius 3 is 2.56 bits per heavy atom. The number of hydrogen-bond acceptors (Lipinski definition) is 4. The van der Waals surface area contributed by atoms with Crippen molar-refractivity contribution in [3.05, 3.63) is 46.6 Å². The van der Waals surface area contributed by atoms with Gasteiger partial charge in [0.1, 0.15) is 22.9 Å². The SMILES string of the molecule is O=c1oc2cc(O)cc(F)c2c2ccc(O)cc12. The first-order valence-corrected chi connectivity index (χ1v) is 5.14. The molecule has 0 fully saturated rings. The average molecular weight is 246 g/mol. The van der Waals surface area contributed by atoms with Gasteiger partial charge in [0.05, 0.1) is 10.8 Å². The second-order valence-electron chi connectivity index (χ2n) is 3.92. The van der Waals surface area contributed by atoms with E-state index >= 15 is 0 Å². The zero-order valence-corrected chi connectivity index (χ0v) is 8.98. The van der Waals surface area contributed by atoms with E-state index in [0.717, 1.165) is 6.07 Å². The monoisotopic (exact) mass is 246 g/mol. The number of phenols is 2. The van der Waals surface area contributed by atoms with E-state index in [4.69, 9.17) is 4.42 Å². The summed E-state index contributed by atoms with van der Waals surface area (Å²) < 4.78 is 18.7. The van der Waals surface area contributed by atoms with Crippen LogP contribution in [0.1, 0.15) is 0 Å². The van der Waals surface area contributed by atoms with E-state index in [2.05, 4.69) is 0 Å². The van der Waals surface area contributed by atoms with Crippen LogP contribution in [0, 0.1) is 5.82 Å². The highest BCUT2D eigenvalue weighted by molar-refractivity contribution is 6.05. The lowest BCUT2D eigenvalue weighted by Gasteiger charge is -2.04. The van der Waals surface area contributed by atoms with Crippen molar-refractivity contribution >= 4 is 21.7 Å². The second-order valence-corrected chi connectivity index (χ2v) is 3.92. The van der Waals surface area contributed by atoms with Crippen LogP contribution in [-0.4, -0.2) is 10.2 Å². The molecule has 2 aromatic carbocycles. The Morgan fingerprint density at radius 1 is 1.00 bits per heavy atom. The molecule has 0 atom stereocenters. The van der Waals surface area contributed by atoms with E-state index in [1.807, 2.05) is 0 Å². The topological polar surface area (TPSA) is 70.7 Å². The van der Waals surface area contributed by atoms with E-state index in [1.54, 1.807) is 0 Å². The van der Waals surface area contributed by atoms with Crippen LogP contribution in [0.3, 0.4) is 0 Å². The molecule has 5 heteroatoms. The Bertz CT molecular complexity index is 836. The molecule has 0 amide bonds. The van der Waals surface area contributed by atoms with Gasteiger partial charge in [-0.1, -0.05) is 0 Å². The molecule has 0 aliphatic carbocycles. The summed E-state index contributed by atoms with van der Waals surface area (Å²) in [7, 11) is 0. The maximum Gasteiger partial charge on any atom is 0.344 e. The van der Waals surface area contributed by atoms with Crippen LogP contribution < -0.4 is 5.63 Å². The largest absolute Gasteiger partial charge is 0.508 e. The van der Waals surface area contributed by atoms with Crippen LogP contribution >= 0.6 is 0 Å². The van der Waals surface area contributed by atoms with Gasteiger partial charge >= 0.3 is 5.63 Å². The van der Waals surface area contributed by atoms with Crippen molar-refractivity contribution in [3.8, 4) is 11.5 Å². The number of fused-ring (bicyclic) bond motifs is 3. The third-order valence-corrected chi connectivity index (χ3v) is 2.73. The van der Waals surface area contributed by atoms with Crippen LogP contribution in [0.5, 0.6) is 11.5 Å². The lowest BCUT2D eigenvalue weighted by molar-refractivity contribution is 0.467. The summed E-state index contributed by atoms with van der Waals surface area (Å²) in [6.07, 6.45) is 0. The highest BCUT2D eigenvalue weighted by atomic mass is 19.1. The van der Waals surface area contributed by atoms with Gasteiger partial charge < -0.3 is 14.6 Å². The summed E-state index contributed by atoms with van der Waals surface area (Å²) >= 11 is 0. The lowest BCUT2D eigenvalue weighted by Crippen LogP contribution is -2.00. The van der Waals surface area contributed by atoms with Gasteiger partial charge in [-0.2, -0.15) is 0 Å². The molecule has 0 unspecified atom stereocenters. The normalized spacial score (nSPS) is 11.2. The summed E-state index contributed by atoms with van der Waals surface area (Å²) in [5, 5.41) is 19.1. The summed E-state index contributed by atoms with van der Waals surface area (Å²) in [4.78, 5) is 11.7. The summed E-state index contributed by atoms with van der Waals surface area (Å²) in [6, 6.07) is 6.12. The molecule has 1 heterocycles. The molecule has 1 aromatic heterocycles. The molecule has 0 spiro atoms. The minimum Gasteiger partial charge on any atom is -0.508 e. The van der Waals surface area contributed by atoms with Gasteiger partial charge in [0.15, 0.2) is 0 Å². The van der Waals surface area contributed by atoms with Crippen LogP contribution in [-0.2, 0) is 0 Å².